The van der Waals surface area contributed by atoms with Crippen molar-refractivity contribution < 1.29 is 9.84 Å². The number of aliphatic hydroxyl groups is 1. The second-order valence-corrected chi connectivity index (χ2v) is 10.2. The van der Waals surface area contributed by atoms with Gasteiger partial charge in [-0.2, -0.15) is 0 Å². The SMILES string of the molecule is CC1C(C)[C@H]2[C@@H]3CCc4cc(OCc5ccccc5)ccc4[C@H]3CC[C@]2(C)[C@H]1O. The molecule has 3 aliphatic carbocycles. The number of hydrogen-bond donors (Lipinski definition) is 1. The Bertz CT molecular complexity index is 875. The Balaban J connectivity index is 1.37. The molecule has 2 heteroatoms. The first-order valence-electron chi connectivity index (χ1n) is 11.5. The summed E-state index contributed by atoms with van der Waals surface area (Å²) >= 11 is 0. The zero-order chi connectivity index (χ0) is 20.2. The summed E-state index contributed by atoms with van der Waals surface area (Å²) in [5, 5.41) is 11.0. The fourth-order valence-electron chi connectivity index (χ4n) is 7.22. The average Bonchev–Trinajstić information content (AvgIpc) is 2.93. The largest absolute Gasteiger partial charge is 0.489 e. The third kappa shape index (κ3) is 3.03. The number of hydrogen-bond acceptors (Lipinski definition) is 2. The van der Waals surface area contributed by atoms with E-state index in [1.807, 2.05) is 6.07 Å². The van der Waals surface area contributed by atoms with E-state index >= 15 is 0 Å². The molecule has 0 aliphatic heterocycles. The quantitative estimate of drug-likeness (QED) is 0.699. The van der Waals surface area contributed by atoms with Crippen molar-refractivity contribution in [2.45, 2.75) is 65.1 Å². The summed E-state index contributed by atoms with van der Waals surface area (Å²) in [4.78, 5) is 0. The van der Waals surface area contributed by atoms with Crippen molar-refractivity contribution in [3.05, 3.63) is 65.2 Å². The molecule has 0 bridgehead atoms. The molecule has 154 valence electrons. The van der Waals surface area contributed by atoms with Crippen LogP contribution >= 0.6 is 0 Å². The van der Waals surface area contributed by atoms with Gasteiger partial charge >= 0.3 is 0 Å². The molecule has 0 amide bonds. The Labute approximate surface area is 175 Å². The molecule has 0 aromatic heterocycles. The second kappa shape index (κ2) is 7.16. The van der Waals surface area contributed by atoms with Gasteiger partial charge in [0.2, 0.25) is 0 Å². The zero-order valence-corrected chi connectivity index (χ0v) is 18.0. The second-order valence-electron chi connectivity index (χ2n) is 10.2. The molecule has 2 nitrogen and oxygen atoms in total. The van der Waals surface area contributed by atoms with Crippen LogP contribution in [0.3, 0.4) is 0 Å². The lowest BCUT2D eigenvalue weighted by molar-refractivity contribution is -0.0339. The first-order valence-corrected chi connectivity index (χ1v) is 11.5. The van der Waals surface area contributed by atoms with Crippen molar-refractivity contribution in [3.63, 3.8) is 0 Å². The van der Waals surface area contributed by atoms with E-state index in [0.29, 0.717) is 36.2 Å². The van der Waals surface area contributed by atoms with Gasteiger partial charge in [0, 0.05) is 0 Å². The number of aliphatic hydroxyl groups excluding tert-OH is 1. The van der Waals surface area contributed by atoms with E-state index in [2.05, 4.69) is 63.2 Å². The van der Waals surface area contributed by atoms with Gasteiger partial charge in [-0.1, -0.05) is 57.2 Å². The maximum atomic E-state index is 11.0. The third-order valence-electron chi connectivity index (χ3n) is 8.81. The molecule has 7 atom stereocenters. The van der Waals surface area contributed by atoms with Crippen molar-refractivity contribution in [1.82, 2.24) is 0 Å². The minimum absolute atomic E-state index is 0.107. The maximum Gasteiger partial charge on any atom is 0.120 e. The topological polar surface area (TPSA) is 29.5 Å². The molecule has 2 saturated carbocycles. The lowest BCUT2D eigenvalue weighted by Crippen LogP contribution is -2.45. The average molecular weight is 391 g/mol. The van der Waals surface area contributed by atoms with E-state index < -0.39 is 0 Å². The molecule has 2 fully saturated rings. The molecule has 29 heavy (non-hydrogen) atoms. The molecule has 5 rings (SSSR count). The molecule has 0 spiro atoms. The highest BCUT2D eigenvalue weighted by molar-refractivity contribution is 5.41. The molecule has 0 saturated heterocycles. The van der Waals surface area contributed by atoms with Gasteiger partial charge in [-0.05, 0) is 89.5 Å². The zero-order valence-electron chi connectivity index (χ0n) is 18.0. The summed E-state index contributed by atoms with van der Waals surface area (Å²) in [6.45, 7) is 7.65. The van der Waals surface area contributed by atoms with E-state index in [4.69, 9.17) is 4.74 Å². The van der Waals surface area contributed by atoms with Crippen LogP contribution in [-0.2, 0) is 13.0 Å². The summed E-state index contributed by atoms with van der Waals surface area (Å²) < 4.78 is 6.09. The molecule has 0 radical (unpaired) electrons. The summed E-state index contributed by atoms with van der Waals surface area (Å²) in [6.07, 6.45) is 4.62. The van der Waals surface area contributed by atoms with Crippen molar-refractivity contribution in [2.24, 2.45) is 29.1 Å². The molecular formula is C27H34O2. The molecular weight excluding hydrogens is 356 g/mol. The van der Waals surface area contributed by atoms with E-state index in [-0.39, 0.29) is 11.5 Å². The van der Waals surface area contributed by atoms with Crippen LogP contribution < -0.4 is 4.74 Å². The van der Waals surface area contributed by atoms with Crippen LogP contribution in [-0.4, -0.2) is 11.2 Å². The van der Waals surface area contributed by atoms with E-state index in [1.54, 1.807) is 5.56 Å². The van der Waals surface area contributed by atoms with Crippen LogP contribution in [0, 0.1) is 29.1 Å². The van der Waals surface area contributed by atoms with Gasteiger partial charge in [-0.25, -0.2) is 0 Å². The van der Waals surface area contributed by atoms with Gasteiger partial charge in [-0.3, -0.25) is 0 Å². The lowest BCUT2D eigenvalue weighted by Gasteiger charge is -2.51. The van der Waals surface area contributed by atoms with Gasteiger partial charge in [0.25, 0.3) is 0 Å². The summed E-state index contributed by atoms with van der Waals surface area (Å²) in [5.74, 6) is 4.03. The molecule has 2 aromatic carbocycles. The van der Waals surface area contributed by atoms with E-state index in [9.17, 15) is 5.11 Å². The van der Waals surface area contributed by atoms with Gasteiger partial charge in [0.1, 0.15) is 12.4 Å². The molecule has 1 N–H and O–H groups in total. The molecule has 2 unspecified atom stereocenters. The third-order valence-corrected chi connectivity index (χ3v) is 8.81. The van der Waals surface area contributed by atoms with Crippen LogP contribution in [0.5, 0.6) is 5.75 Å². The van der Waals surface area contributed by atoms with Gasteiger partial charge in [0.15, 0.2) is 0 Å². The Hall–Kier alpha value is -1.80. The Kier molecular flexibility index (Phi) is 4.74. The monoisotopic (exact) mass is 390 g/mol. The summed E-state index contributed by atoms with van der Waals surface area (Å²) in [6, 6.07) is 17.2. The minimum Gasteiger partial charge on any atom is -0.489 e. The predicted molar refractivity (Wildman–Crippen MR) is 117 cm³/mol. The van der Waals surface area contributed by atoms with Crippen LogP contribution in [0.1, 0.15) is 62.6 Å². The van der Waals surface area contributed by atoms with Crippen molar-refractivity contribution in [2.75, 3.05) is 0 Å². The number of rotatable bonds is 3. The van der Waals surface area contributed by atoms with Crippen molar-refractivity contribution in [1.29, 1.82) is 0 Å². The van der Waals surface area contributed by atoms with Gasteiger partial charge < -0.3 is 9.84 Å². The predicted octanol–water partition coefficient (Wildman–Crippen LogP) is 5.97. The number of ether oxygens (including phenoxy) is 1. The fraction of sp³-hybridized carbons (Fsp3) is 0.556. The van der Waals surface area contributed by atoms with E-state index in [1.165, 1.54) is 24.0 Å². The maximum absolute atomic E-state index is 11.0. The minimum atomic E-state index is -0.140. The Morgan fingerprint density at radius 2 is 1.83 bits per heavy atom. The standard InChI is InChI=1S/C27H34O2/c1-17-18(2)26(28)27(3)14-13-23-22-12-10-21(29-16-19-7-5-4-6-8-19)15-20(22)9-11-24(23)25(17)27/h4-8,10,12,15,17-18,23-26,28H,9,11,13-14,16H2,1-3H3/t17?,18?,23-,24-,25+,26+,27+/m1/s1. The fourth-order valence-corrected chi connectivity index (χ4v) is 7.22. The summed E-state index contributed by atoms with van der Waals surface area (Å²) in [5.41, 5.74) is 4.35. The van der Waals surface area contributed by atoms with Crippen LogP contribution in [0.2, 0.25) is 0 Å². The highest BCUT2D eigenvalue weighted by Gasteiger charge is 2.59. The summed E-state index contributed by atoms with van der Waals surface area (Å²) in [7, 11) is 0. The number of aryl methyl sites for hydroxylation is 1. The molecule has 0 heterocycles. The van der Waals surface area contributed by atoms with Crippen LogP contribution in [0.25, 0.3) is 0 Å². The molecule has 2 aromatic rings. The van der Waals surface area contributed by atoms with E-state index in [0.717, 1.165) is 18.6 Å². The van der Waals surface area contributed by atoms with Gasteiger partial charge in [-0.15, -0.1) is 0 Å². The lowest BCUT2D eigenvalue weighted by atomic mass is 9.54. The van der Waals surface area contributed by atoms with Crippen molar-refractivity contribution in [3.8, 4) is 5.75 Å². The number of fused-ring (bicyclic) bond motifs is 5. The first kappa shape index (κ1) is 19.2. The highest BCUT2D eigenvalue weighted by atomic mass is 16.5. The first-order chi connectivity index (χ1) is 14.0. The smallest absolute Gasteiger partial charge is 0.120 e. The van der Waals surface area contributed by atoms with Crippen LogP contribution in [0.4, 0.5) is 0 Å². The van der Waals surface area contributed by atoms with Crippen LogP contribution in [0.15, 0.2) is 48.5 Å². The van der Waals surface area contributed by atoms with Crippen molar-refractivity contribution >= 4 is 0 Å². The Morgan fingerprint density at radius 3 is 2.62 bits per heavy atom. The highest BCUT2D eigenvalue weighted by Crippen LogP contribution is 2.64. The Morgan fingerprint density at radius 1 is 1.03 bits per heavy atom. The normalized spacial score (nSPS) is 38.1. The number of benzene rings is 2. The van der Waals surface area contributed by atoms with Gasteiger partial charge in [0.05, 0.1) is 6.10 Å². The molecule has 3 aliphatic rings.